The van der Waals surface area contributed by atoms with Crippen LogP contribution < -0.4 is 9.64 Å². The maximum absolute atomic E-state index is 12.1. The molecule has 3 rings (SSSR count). The summed E-state index contributed by atoms with van der Waals surface area (Å²) < 4.78 is 7.57. The molecule has 1 amide bonds. The van der Waals surface area contributed by atoms with E-state index < -0.39 is 0 Å². The van der Waals surface area contributed by atoms with E-state index in [1.54, 1.807) is 28.7 Å². The van der Waals surface area contributed by atoms with Crippen LogP contribution in [0.4, 0.5) is 5.69 Å². The molecule has 29 heavy (non-hydrogen) atoms. The number of rotatable bonds is 6. The number of amides is 1. The SMILES string of the molecule is CCc1ccc(O)c(-c2n[nH]c(=S)n2-c2ccc(OC)c(N(CC)C(C)=O)c2)c1. The van der Waals surface area contributed by atoms with Gasteiger partial charge >= 0.3 is 0 Å². The number of ether oxygens (including phenoxy) is 1. The summed E-state index contributed by atoms with van der Waals surface area (Å²) in [7, 11) is 1.57. The van der Waals surface area contributed by atoms with Gasteiger partial charge in [-0.15, -0.1) is 0 Å². The van der Waals surface area contributed by atoms with Gasteiger partial charge in [0.25, 0.3) is 0 Å². The zero-order valence-electron chi connectivity index (χ0n) is 16.9. The highest BCUT2D eigenvalue weighted by molar-refractivity contribution is 7.71. The van der Waals surface area contributed by atoms with Crippen molar-refractivity contribution in [1.82, 2.24) is 14.8 Å². The quantitative estimate of drug-likeness (QED) is 0.592. The van der Waals surface area contributed by atoms with Gasteiger partial charge in [-0.3, -0.25) is 14.5 Å². The number of phenols is 1. The highest BCUT2D eigenvalue weighted by atomic mass is 32.1. The lowest BCUT2D eigenvalue weighted by atomic mass is 10.1. The fraction of sp³-hybridized carbons (Fsp3) is 0.286. The summed E-state index contributed by atoms with van der Waals surface area (Å²) in [6.07, 6.45) is 0.829. The van der Waals surface area contributed by atoms with Gasteiger partial charge < -0.3 is 14.7 Å². The number of hydrogen-bond acceptors (Lipinski definition) is 5. The molecule has 1 aromatic heterocycles. The Morgan fingerprint density at radius 3 is 2.66 bits per heavy atom. The number of carbonyl (C=O) groups is 1. The topological polar surface area (TPSA) is 83.4 Å². The number of aromatic amines is 1. The van der Waals surface area contributed by atoms with Crippen molar-refractivity contribution in [2.75, 3.05) is 18.6 Å². The largest absolute Gasteiger partial charge is 0.507 e. The number of anilines is 1. The molecule has 2 N–H and O–H groups in total. The zero-order valence-corrected chi connectivity index (χ0v) is 17.7. The van der Waals surface area contributed by atoms with E-state index in [1.807, 2.05) is 38.1 Å². The fourth-order valence-corrected chi connectivity index (χ4v) is 3.53. The maximum atomic E-state index is 12.1. The molecule has 3 aromatic rings. The first-order valence-electron chi connectivity index (χ1n) is 9.37. The second kappa shape index (κ2) is 8.48. The Hall–Kier alpha value is -3.13. The third-order valence-corrected chi connectivity index (χ3v) is 5.06. The van der Waals surface area contributed by atoms with E-state index in [0.717, 1.165) is 12.0 Å². The van der Waals surface area contributed by atoms with E-state index in [-0.39, 0.29) is 11.7 Å². The van der Waals surface area contributed by atoms with Crippen LogP contribution in [-0.4, -0.2) is 39.4 Å². The predicted molar refractivity (Wildman–Crippen MR) is 115 cm³/mol. The maximum Gasteiger partial charge on any atom is 0.223 e. The van der Waals surface area contributed by atoms with Gasteiger partial charge in [0.2, 0.25) is 5.91 Å². The molecule has 0 saturated heterocycles. The molecule has 0 unspecified atom stereocenters. The van der Waals surface area contributed by atoms with Crippen molar-refractivity contribution in [1.29, 1.82) is 0 Å². The Labute approximate surface area is 174 Å². The van der Waals surface area contributed by atoms with Gasteiger partial charge in [-0.1, -0.05) is 13.0 Å². The van der Waals surface area contributed by atoms with Gasteiger partial charge in [-0.05, 0) is 61.5 Å². The lowest BCUT2D eigenvalue weighted by Gasteiger charge is -2.22. The van der Waals surface area contributed by atoms with Crippen LogP contribution in [0.2, 0.25) is 0 Å². The molecule has 0 fully saturated rings. The van der Waals surface area contributed by atoms with E-state index in [1.165, 1.54) is 6.92 Å². The minimum absolute atomic E-state index is 0.0905. The molecule has 1 heterocycles. The van der Waals surface area contributed by atoms with E-state index in [4.69, 9.17) is 17.0 Å². The van der Waals surface area contributed by atoms with Crippen molar-refractivity contribution in [3.63, 3.8) is 0 Å². The summed E-state index contributed by atoms with van der Waals surface area (Å²) in [5.41, 5.74) is 2.99. The van der Waals surface area contributed by atoms with Gasteiger partial charge in [0.05, 0.1) is 24.0 Å². The molecular formula is C21H24N4O3S. The van der Waals surface area contributed by atoms with E-state index in [0.29, 0.717) is 39.8 Å². The first-order valence-corrected chi connectivity index (χ1v) is 9.78. The Kier molecular flexibility index (Phi) is 6.03. The molecule has 0 aliphatic rings. The lowest BCUT2D eigenvalue weighted by Crippen LogP contribution is -2.28. The first-order chi connectivity index (χ1) is 13.9. The van der Waals surface area contributed by atoms with Gasteiger partial charge in [0.15, 0.2) is 10.6 Å². The van der Waals surface area contributed by atoms with Crippen LogP contribution in [-0.2, 0) is 11.2 Å². The van der Waals surface area contributed by atoms with Crippen LogP contribution in [0, 0.1) is 4.77 Å². The van der Waals surface area contributed by atoms with Gasteiger partial charge in [0, 0.05) is 13.5 Å². The highest BCUT2D eigenvalue weighted by Crippen LogP contribution is 2.34. The highest BCUT2D eigenvalue weighted by Gasteiger charge is 2.19. The predicted octanol–water partition coefficient (Wildman–Crippen LogP) is 4.25. The molecule has 0 aliphatic carbocycles. The Morgan fingerprint density at radius 2 is 2.03 bits per heavy atom. The lowest BCUT2D eigenvalue weighted by molar-refractivity contribution is -0.116. The Bertz CT molecular complexity index is 1100. The van der Waals surface area contributed by atoms with Gasteiger partial charge in [-0.2, -0.15) is 5.10 Å². The Balaban J connectivity index is 2.22. The van der Waals surface area contributed by atoms with Crippen LogP contribution >= 0.6 is 12.2 Å². The number of carbonyl (C=O) groups excluding carboxylic acids is 1. The van der Waals surface area contributed by atoms with E-state index in [2.05, 4.69) is 10.2 Å². The minimum Gasteiger partial charge on any atom is -0.507 e. The number of aromatic hydroxyl groups is 1. The number of phenolic OH excluding ortho intramolecular Hbond substituents is 1. The number of aromatic nitrogens is 3. The summed E-state index contributed by atoms with van der Waals surface area (Å²) in [5, 5.41) is 17.6. The normalized spacial score (nSPS) is 10.8. The first kappa shape index (κ1) is 20.6. The smallest absolute Gasteiger partial charge is 0.223 e. The van der Waals surface area contributed by atoms with Crippen molar-refractivity contribution < 1.29 is 14.6 Å². The van der Waals surface area contributed by atoms with Gasteiger partial charge in [0.1, 0.15) is 11.5 Å². The van der Waals surface area contributed by atoms with Crippen molar-refractivity contribution >= 4 is 23.8 Å². The second-order valence-electron chi connectivity index (χ2n) is 6.51. The molecule has 8 heteroatoms. The third-order valence-electron chi connectivity index (χ3n) is 4.79. The number of nitrogens with one attached hydrogen (secondary N) is 1. The van der Waals surface area contributed by atoms with Crippen LogP contribution in [0.3, 0.4) is 0 Å². The van der Waals surface area contributed by atoms with Crippen LogP contribution in [0.1, 0.15) is 26.3 Å². The summed E-state index contributed by atoms with van der Waals surface area (Å²) in [5.74, 6) is 1.10. The number of methoxy groups -OCH3 is 1. The summed E-state index contributed by atoms with van der Waals surface area (Å²) >= 11 is 5.46. The Morgan fingerprint density at radius 1 is 1.28 bits per heavy atom. The average molecular weight is 413 g/mol. The zero-order chi connectivity index (χ0) is 21.1. The van der Waals surface area contributed by atoms with Crippen molar-refractivity contribution in [2.24, 2.45) is 0 Å². The number of H-pyrrole nitrogens is 1. The number of hydrogen-bond donors (Lipinski definition) is 2. The molecule has 152 valence electrons. The van der Waals surface area contributed by atoms with Crippen LogP contribution in [0.15, 0.2) is 36.4 Å². The molecule has 0 atom stereocenters. The molecular weight excluding hydrogens is 388 g/mol. The van der Waals surface area contributed by atoms with E-state index >= 15 is 0 Å². The average Bonchev–Trinajstić information content (AvgIpc) is 3.09. The number of nitrogens with zero attached hydrogens (tertiary/aromatic N) is 3. The number of benzene rings is 2. The third kappa shape index (κ3) is 3.88. The molecule has 2 aromatic carbocycles. The molecule has 0 spiro atoms. The summed E-state index contributed by atoms with van der Waals surface area (Å²) in [4.78, 5) is 13.7. The van der Waals surface area contributed by atoms with Crippen LogP contribution in [0.25, 0.3) is 17.1 Å². The van der Waals surface area contributed by atoms with Crippen LogP contribution in [0.5, 0.6) is 11.5 Å². The van der Waals surface area contributed by atoms with Crippen molar-refractivity contribution in [2.45, 2.75) is 27.2 Å². The second-order valence-corrected chi connectivity index (χ2v) is 6.90. The summed E-state index contributed by atoms with van der Waals surface area (Å²) in [6, 6.07) is 10.9. The molecule has 0 bridgehead atoms. The standard InChI is InChI=1S/C21H24N4O3S/c1-5-14-7-9-18(27)16(11-14)20-22-23-21(29)25(20)15-8-10-19(28-4)17(12-15)24(6-2)13(3)26/h7-12,27H,5-6H2,1-4H3,(H,23,29). The molecule has 7 nitrogen and oxygen atoms in total. The monoisotopic (exact) mass is 412 g/mol. The van der Waals surface area contributed by atoms with E-state index in [9.17, 15) is 9.90 Å². The summed E-state index contributed by atoms with van der Waals surface area (Å²) in [6.45, 7) is 5.96. The number of aryl methyl sites for hydroxylation is 1. The fourth-order valence-electron chi connectivity index (χ4n) is 3.29. The molecule has 0 saturated carbocycles. The molecule has 0 aliphatic heterocycles. The molecule has 0 radical (unpaired) electrons. The minimum atomic E-state index is -0.0905. The van der Waals surface area contributed by atoms with Crippen molar-refractivity contribution in [3.05, 3.63) is 46.7 Å². The van der Waals surface area contributed by atoms with Crippen molar-refractivity contribution in [3.8, 4) is 28.6 Å². The van der Waals surface area contributed by atoms with Gasteiger partial charge in [-0.25, -0.2) is 0 Å².